The third-order valence-corrected chi connectivity index (χ3v) is 10.4. The first-order chi connectivity index (χ1) is 13.5. The van der Waals surface area contributed by atoms with E-state index in [4.69, 9.17) is 18.6 Å². The van der Waals surface area contributed by atoms with Crippen LogP contribution in [-0.4, -0.2) is 63.0 Å². The molecule has 0 saturated carbocycles. The Morgan fingerprint density at radius 2 is 1.79 bits per heavy atom. The van der Waals surface area contributed by atoms with Crippen LogP contribution in [0.2, 0.25) is 18.1 Å². The molecule has 1 heterocycles. The van der Waals surface area contributed by atoms with E-state index in [0.29, 0.717) is 0 Å². The monoisotopic (exact) mass is 424 g/mol. The van der Waals surface area contributed by atoms with E-state index in [1.54, 1.807) is 6.08 Å². The molecule has 0 radical (unpaired) electrons. The lowest BCUT2D eigenvalue weighted by Gasteiger charge is -2.44. The van der Waals surface area contributed by atoms with Gasteiger partial charge in [-0.2, -0.15) is 0 Å². The van der Waals surface area contributed by atoms with E-state index in [9.17, 15) is 10.2 Å². The van der Waals surface area contributed by atoms with Gasteiger partial charge in [0.1, 0.15) is 30.5 Å². The molecule has 0 amide bonds. The highest BCUT2D eigenvalue weighted by atomic mass is 28.4. The second kappa shape index (κ2) is 9.83. The molecule has 29 heavy (non-hydrogen) atoms. The van der Waals surface area contributed by atoms with Crippen LogP contribution in [0.5, 0.6) is 0 Å². The first-order valence-electron chi connectivity index (χ1n) is 10.0. The van der Waals surface area contributed by atoms with Gasteiger partial charge in [0.25, 0.3) is 0 Å². The number of aliphatic hydroxyl groups is 2. The number of hydrogen-bond acceptors (Lipinski definition) is 6. The van der Waals surface area contributed by atoms with Gasteiger partial charge in [0, 0.05) is 7.11 Å². The Bertz CT molecular complexity index is 642. The second-order valence-corrected chi connectivity index (χ2v) is 13.8. The molecule has 6 nitrogen and oxygen atoms in total. The molecule has 0 bridgehead atoms. The standard InChI is InChI=1S/C22H36O6Si/c1-8-16(15-12-10-9-11-13-15)27-20-19(24)18(23)17(28-21(20)25-5)14-26-29(6,7)22(2,3)4/h8-13,16-21,23-24H,1,14H2,2-7H3/t16-,17+,18+,19-,20-,21-/m0/s1. The Balaban J connectivity index is 2.10. The van der Waals surface area contributed by atoms with Crippen LogP contribution in [0, 0.1) is 0 Å². The summed E-state index contributed by atoms with van der Waals surface area (Å²) in [7, 11) is -0.535. The fourth-order valence-electron chi connectivity index (χ4n) is 2.97. The van der Waals surface area contributed by atoms with Crippen LogP contribution >= 0.6 is 0 Å². The van der Waals surface area contributed by atoms with Gasteiger partial charge in [-0.15, -0.1) is 6.58 Å². The molecule has 164 valence electrons. The van der Waals surface area contributed by atoms with Crippen molar-refractivity contribution < 1.29 is 28.8 Å². The third-order valence-electron chi connectivity index (χ3n) is 5.94. The van der Waals surface area contributed by atoms with Crippen molar-refractivity contribution in [3.63, 3.8) is 0 Å². The molecule has 1 aromatic rings. The van der Waals surface area contributed by atoms with Crippen molar-refractivity contribution in [1.29, 1.82) is 0 Å². The molecule has 1 aromatic carbocycles. The van der Waals surface area contributed by atoms with E-state index in [1.165, 1.54) is 7.11 Å². The average Bonchev–Trinajstić information content (AvgIpc) is 2.68. The summed E-state index contributed by atoms with van der Waals surface area (Å²) in [5, 5.41) is 21.5. The number of rotatable bonds is 8. The van der Waals surface area contributed by atoms with Crippen LogP contribution in [0.25, 0.3) is 0 Å². The van der Waals surface area contributed by atoms with Crippen LogP contribution in [0.3, 0.4) is 0 Å². The van der Waals surface area contributed by atoms with Crippen LogP contribution in [0.1, 0.15) is 32.4 Å². The first-order valence-corrected chi connectivity index (χ1v) is 12.9. The Labute approximate surface area is 175 Å². The van der Waals surface area contributed by atoms with Gasteiger partial charge in [-0.3, -0.25) is 0 Å². The third kappa shape index (κ3) is 5.76. The highest BCUT2D eigenvalue weighted by molar-refractivity contribution is 6.74. The zero-order valence-electron chi connectivity index (χ0n) is 18.4. The van der Waals surface area contributed by atoms with Crippen LogP contribution in [0.15, 0.2) is 43.0 Å². The van der Waals surface area contributed by atoms with E-state index in [1.807, 2.05) is 30.3 Å². The summed E-state index contributed by atoms with van der Waals surface area (Å²) in [4.78, 5) is 0. The summed E-state index contributed by atoms with van der Waals surface area (Å²) in [5.41, 5.74) is 0.891. The number of aliphatic hydroxyl groups excluding tert-OH is 2. The van der Waals surface area contributed by atoms with Gasteiger partial charge >= 0.3 is 0 Å². The number of ether oxygens (including phenoxy) is 3. The summed E-state index contributed by atoms with van der Waals surface area (Å²) in [6, 6.07) is 9.55. The van der Waals surface area contributed by atoms with E-state index >= 15 is 0 Å². The minimum atomic E-state index is -2.02. The van der Waals surface area contributed by atoms with Crippen molar-refractivity contribution in [2.24, 2.45) is 0 Å². The largest absolute Gasteiger partial charge is 0.414 e. The fourth-order valence-corrected chi connectivity index (χ4v) is 3.98. The fraction of sp³-hybridized carbons (Fsp3) is 0.636. The van der Waals surface area contributed by atoms with Crippen molar-refractivity contribution in [2.75, 3.05) is 13.7 Å². The number of methoxy groups -OCH3 is 1. The quantitative estimate of drug-likeness (QED) is 0.492. The Morgan fingerprint density at radius 3 is 2.31 bits per heavy atom. The van der Waals surface area contributed by atoms with Gasteiger partial charge in [0.05, 0.1) is 6.61 Å². The zero-order chi connectivity index (χ0) is 21.8. The van der Waals surface area contributed by atoms with Gasteiger partial charge in [-0.05, 0) is 23.7 Å². The molecule has 0 unspecified atom stereocenters. The van der Waals surface area contributed by atoms with Crippen molar-refractivity contribution in [2.45, 2.75) is 75.7 Å². The topological polar surface area (TPSA) is 77.4 Å². The zero-order valence-corrected chi connectivity index (χ0v) is 19.4. The van der Waals surface area contributed by atoms with Crippen LogP contribution in [-0.2, 0) is 18.6 Å². The summed E-state index contributed by atoms with van der Waals surface area (Å²) >= 11 is 0. The predicted octanol–water partition coefficient (Wildman–Crippen LogP) is 3.41. The maximum absolute atomic E-state index is 10.8. The lowest BCUT2D eigenvalue weighted by molar-refractivity contribution is -0.307. The SMILES string of the molecule is C=C[C@H](O[C@@H]1[C@@H](OC)O[C@H](CO[Si](C)(C)C(C)(C)C)[C@@H](O)[C@@H]1O)c1ccccc1. The lowest BCUT2D eigenvalue weighted by Crippen LogP contribution is -2.60. The highest BCUT2D eigenvalue weighted by Gasteiger charge is 2.47. The van der Waals surface area contributed by atoms with E-state index < -0.39 is 45.1 Å². The van der Waals surface area contributed by atoms with Crippen molar-refractivity contribution >= 4 is 8.32 Å². The maximum atomic E-state index is 10.8. The van der Waals surface area contributed by atoms with Crippen molar-refractivity contribution in [3.05, 3.63) is 48.6 Å². The summed E-state index contributed by atoms with van der Waals surface area (Å²) < 4.78 is 23.6. The molecular weight excluding hydrogens is 388 g/mol. The van der Waals surface area contributed by atoms with Crippen LogP contribution in [0.4, 0.5) is 0 Å². The molecule has 1 fully saturated rings. The minimum Gasteiger partial charge on any atom is -0.414 e. The lowest BCUT2D eigenvalue weighted by atomic mass is 9.98. The van der Waals surface area contributed by atoms with Gasteiger partial charge in [0.2, 0.25) is 0 Å². The van der Waals surface area contributed by atoms with Gasteiger partial charge in [0.15, 0.2) is 14.6 Å². The molecule has 7 heteroatoms. The molecule has 6 atom stereocenters. The number of benzene rings is 1. The smallest absolute Gasteiger partial charge is 0.192 e. The molecule has 1 aliphatic heterocycles. The highest BCUT2D eigenvalue weighted by Crippen LogP contribution is 2.37. The van der Waals surface area contributed by atoms with Crippen molar-refractivity contribution in [1.82, 2.24) is 0 Å². The van der Waals surface area contributed by atoms with E-state index in [-0.39, 0.29) is 11.6 Å². The van der Waals surface area contributed by atoms with E-state index in [0.717, 1.165) is 5.56 Å². The molecule has 2 rings (SSSR count). The molecule has 1 saturated heterocycles. The minimum absolute atomic E-state index is 0.0321. The van der Waals surface area contributed by atoms with Gasteiger partial charge in [-0.25, -0.2) is 0 Å². The molecule has 0 aliphatic carbocycles. The summed E-state index contributed by atoms with van der Waals surface area (Å²) in [6.07, 6.45) is -3.58. The Hall–Kier alpha value is -1.06. The normalized spacial score (nSPS) is 29.4. The van der Waals surface area contributed by atoms with Gasteiger partial charge < -0.3 is 28.8 Å². The van der Waals surface area contributed by atoms with Crippen LogP contribution < -0.4 is 0 Å². The predicted molar refractivity (Wildman–Crippen MR) is 115 cm³/mol. The van der Waals surface area contributed by atoms with Crippen molar-refractivity contribution in [3.8, 4) is 0 Å². The molecule has 1 aliphatic rings. The molecule has 0 spiro atoms. The Kier molecular flexibility index (Phi) is 8.21. The first kappa shape index (κ1) is 24.2. The van der Waals surface area contributed by atoms with Gasteiger partial charge in [-0.1, -0.05) is 57.2 Å². The maximum Gasteiger partial charge on any atom is 0.192 e. The van der Waals surface area contributed by atoms with E-state index in [2.05, 4.69) is 40.4 Å². The summed E-state index contributed by atoms with van der Waals surface area (Å²) in [6.45, 7) is 14.7. The molecule has 0 aromatic heterocycles. The second-order valence-electron chi connectivity index (χ2n) is 9.00. The average molecular weight is 425 g/mol. The Morgan fingerprint density at radius 1 is 1.17 bits per heavy atom. The molecule has 2 N–H and O–H groups in total. The molecular formula is C22H36O6Si. The summed E-state index contributed by atoms with van der Waals surface area (Å²) in [5.74, 6) is 0. The number of hydrogen-bond donors (Lipinski definition) is 2.